The molecule has 3 nitrogen and oxygen atoms in total. The number of hydrogen-bond donors (Lipinski definition) is 1. The lowest BCUT2D eigenvalue weighted by molar-refractivity contribution is 0.243. The number of hydrogen-bond acceptors (Lipinski definition) is 3. The van der Waals surface area contributed by atoms with Crippen LogP contribution in [0.2, 0.25) is 0 Å². The zero-order valence-electron chi connectivity index (χ0n) is 12.3. The van der Waals surface area contributed by atoms with Crippen LogP contribution in [0.5, 0.6) is 5.75 Å². The molecule has 1 N–H and O–H groups in total. The van der Waals surface area contributed by atoms with Gasteiger partial charge in [-0.15, -0.1) is 0 Å². The van der Waals surface area contributed by atoms with E-state index < -0.39 is 0 Å². The van der Waals surface area contributed by atoms with Crippen molar-refractivity contribution in [2.75, 3.05) is 26.2 Å². The van der Waals surface area contributed by atoms with Crippen molar-refractivity contribution in [1.29, 1.82) is 0 Å². The summed E-state index contributed by atoms with van der Waals surface area (Å²) in [5.74, 6) is 2.19. The molecule has 108 valence electrons. The minimum atomic E-state index is 0.460. The van der Waals surface area contributed by atoms with Gasteiger partial charge in [-0.3, -0.25) is 9.80 Å². The predicted octanol–water partition coefficient (Wildman–Crippen LogP) is 2.23. The zero-order chi connectivity index (χ0) is 13.7. The number of phenols is 1. The highest BCUT2D eigenvalue weighted by atomic mass is 16.3. The van der Waals surface area contributed by atoms with E-state index in [0.717, 1.165) is 35.5 Å². The number of aryl methyl sites for hydroxylation is 1. The Labute approximate surface area is 121 Å². The summed E-state index contributed by atoms with van der Waals surface area (Å²) in [7, 11) is 0. The topological polar surface area (TPSA) is 26.7 Å². The molecular weight excluding hydrogens is 248 g/mol. The Morgan fingerprint density at radius 1 is 1.10 bits per heavy atom. The minimum Gasteiger partial charge on any atom is -0.508 e. The molecule has 0 bridgehead atoms. The second-order valence-electron chi connectivity index (χ2n) is 7.03. The Balaban J connectivity index is 1.38. The highest BCUT2D eigenvalue weighted by molar-refractivity contribution is 5.35. The van der Waals surface area contributed by atoms with Crippen LogP contribution in [0.25, 0.3) is 0 Å². The van der Waals surface area contributed by atoms with Gasteiger partial charge in [-0.1, -0.05) is 12.1 Å². The van der Waals surface area contributed by atoms with Gasteiger partial charge >= 0.3 is 0 Å². The molecule has 20 heavy (non-hydrogen) atoms. The molecule has 0 amide bonds. The van der Waals surface area contributed by atoms with Gasteiger partial charge in [0.15, 0.2) is 0 Å². The Kier molecular flexibility index (Phi) is 3.00. The van der Waals surface area contributed by atoms with Gasteiger partial charge in [-0.05, 0) is 43.2 Å². The van der Waals surface area contributed by atoms with Gasteiger partial charge in [0.1, 0.15) is 5.75 Å². The lowest BCUT2D eigenvalue weighted by Gasteiger charge is -2.21. The quantitative estimate of drug-likeness (QED) is 0.914. The second-order valence-corrected chi connectivity index (χ2v) is 7.03. The Morgan fingerprint density at radius 3 is 2.40 bits per heavy atom. The zero-order valence-corrected chi connectivity index (χ0v) is 12.3. The number of rotatable bonds is 3. The molecular formula is C17H24N2O. The van der Waals surface area contributed by atoms with Crippen LogP contribution in [0.1, 0.15) is 24.0 Å². The maximum atomic E-state index is 10.0. The predicted molar refractivity (Wildman–Crippen MR) is 79.7 cm³/mol. The van der Waals surface area contributed by atoms with Crippen molar-refractivity contribution in [3.8, 4) is 5.75 Å². The summed E-state index contributed by atoms with van der Waals surface area (Å²) in [5.41, 5.74) is 2.21. The van der Waals surface area contributed by atoms with Gasteiger partial charge in [0, 0.05) is 44.3 Å². The number of aromatic hydroxyl groups is 1. The highest BCUT2D eigenvalue weighted by Gasteiger charge is 2.44. The molecule has 4 rings (SSSR count). The molecule has 3 aliphatic rings. The molecule has 1 aliphatic carbocycles. The number of benzene rings is 1. The lowest BCUT2D eigenvalue weighted by atomic mass is 10.0. The first-order chi connectivity index (χ1) is 9.69. The molecule has 0 unspecified atom stereocenters. The van der Waals surface area contributed by atoms with Gasteiger partial charge < -0.3 is 5.11 Å². The lowest BCUT2D eigenvalue weighted by Crippen LogP contribution is -2.30. The van der Waals surface area contributed by atoms with E-state index in [1.54, 1.807) is 0 Å². The molecule has 1 saturated carbocycles. The number of fused-ring (bicyclic) bond motifs is 1. The fourth-order valence-corrected chi connectivity index (χ4v) is 4.04. The molecule has 2 heterocycles. The van der Waals surface area contributed by atoms with E-state index in [-0.39, 0.29) is 0 Å². The summed E-state index contributed by atoms with van der Waals surface area (Å²) < 4.78 is 0. The van der Waals surface area contributed by atoms with E-state index in [9.17, 15) is 5.11 Å². The van der Waals surface area contributed by atoms with Crippen LogP contribution in [0.4, 0.5) is 0 Å². The number of phenolic OH excluding ortho intramolecular Hbond substituents is 1. The molecule has 1 aromatic rings. The minimum absolute atomic E-state index is 0.460. The molecule has 3 heteroatoms. The van der Waals surface area contributed by atoms with Gasteiger partial charge in [-0.25, -0.2) is 0 Å². The van der Waals surface area contributed by atoms with E-state index >= 15 is 0 Å². The Hall–Kier alpha value is -1.06. The third-order valence-electron chi connectivity index (χ3n) is 5.29. The average molecular weight is 272 g/mol. The third kappa shape index (κ3) is 2.33. The third-order valence-corrected chi connectivity index (χ3v) is 5.29. The van der Waals surface area contributed by atoms with Crippen molar-refractivity contribution in [3.05, 3.63) is 29.3 Å². The maximum Gasteiger partial charge on any atom is 0.120 e. The summed E-state index contributed by atoms with van der Waals surface area (Å²) in [6.45, 7) is 7.97. The van der Waals surface area contributed by atoms with Gasteiger partial charge in [0.05, 0.1) is 0 Å². The fraction of sp³-hybridized carbons (Fsp3) is 0.647. The van der Waals surface area contributed by atoms with E-state index in [2.05, 4.69) is 21.9 Å². The first-order valence-corrected chi connectivity index (χ1v) is 7.94. The van der Waals surface area contributed by atoms with Crippen molar-refractivity contribution in [1.82, 2.24) is 9.80 Å². The van der Waals surface area contributed by atoms with Crippen LogP contribution in [-0.4, -0.2) is 47.1 Å². The van der Waals surface area contributed by atoms with Gasteiger partial charge in [-0.2, -0.15) is 0 Å². The molecule has 2 saturated heterocycles. The first kappa shape index (κ1) is 12.7. The average Bonchev–Trinajstić information content (AvgIpc) is 3.07. The second kappa shape index (κ2) is 4.74. The van der Waals surface area contributed by atoms with Gasteiger partial charge in [0.25, 0.3) is 0 Å². The van der Waals surface area contributed by atoms with Crippen LogP contribution in [0, 0.1) is 18.8 Å². The maximum absolute atomic E-state index is 10.0. The van der Waals surface area contributed by atoms with Crippen molar-refractivity contribution >= 4 is 0 Å². The van der Waals surface area contributed by atoms with E-state index in [1.165, 1.54) is 39.0 Å². The monoisotopic (exact) mass is 272 g/mol. The smallest absolute Gasteiger partial charge is 0.120 e. The SMILES string of the molecule is Cc1ccc(CN2C[C@@H]3CN(C4CC4)C[C@@H]3C2)c(O)c1. The molecule has 0 aromatic heterocycles. The van der Waals surface area contributed by atoms with Crippen molar-refractivity contribution < 1.29 is 5.11 Å². The first-order valence-electron chi connectivity index (χ1n) is 7.94. The number of nitrogens with zero attached hydrogens (tertiary/aromatic N) is 2. The van der Waals surface area contributed by atoms with E-state index in [0.29, 0.717) is 5.75 Å². The largest absolute Gasteiger partial charge is 0.508 e. The summed E-state index contributed by atoms with van der Waals surface area (Å²) in [4.78, 5) is 5.25. The summed E-state index contributed by atoms with van der Waals surface area (Å²) in [6, 6.07) is 6.98. The van der Waals surface area contributed by atoms with E-state index in [1.807, 2.05) is 13.0 Å². The molecule has 1 aromatic carbocycles. The normalized spacial score (nSPS) is 30.9. The van der Waals surface area contributed by atoms with Crippen LogP contribution < -0.4 is 0 Å². The Morgan fingerprint density at radius 2 is 1.80 bits per heavy atom. The standard InChI is InChI=1S/C17H24N2O/c1-12-2-3-13(17(20)6-12)7-18-8-14-10-19(16-4-5-16)11-15(14)9-18/h2-3,6,14-16,20H,4-5,7-11H2,1H3/t14-,15+. The van der Waals surface area contributed by atoms with Crippen molar-refractivity contribution in [3.63, 3.8) is 0 Å². The number of likely N-dealkylation sites (tertiary alicyclic amines) is 2. The van der Waals surface area contributed by atoms with Crippen LogP contribution in [0.3, 0.4) is 0 Å². The van der Waals surface area contributed by atoms with Crippen molar-refractivity contribution in [2.24, 2.45) is 11.8 Å². The molecule has 0 spiro atoms. The van der Waals surface area contributed by atoms with Crippen LogP contribution in [0.15, 0.2) is 18.2 Å². The molecule has 0 radical (unpaired) electrons. The van der Waals surface area contributed by atoms with Crippen LogP contribution >= 0.6 is 0 Å². The highest BCUT2D eigenvalue weighted by Crippen LogP contribution is 2.38. The van der Waals surface area contributed by atoms with Crippen LogP contribution in [-0.2, 0) is 6.54 Å². The van der Waals surface area contributed by atoms with Gasteiger partial charge in [0.2, 0.25) is 0 Å². The summed E-state index contributed by atoms with van der Waals surface area (Å²) in [6.07, 6.45) is 2.86. The molecule has 3 fully saturated rings. The fourth-order valence-electron chi connectivity index (χ4n) is 4.04. The van der Waals surface area contributed by atoms with Crippen molar-refractivity contribution in [2.45, 2.75) is 32.4 Å². The summed E-state index contributed by atoms with van der Waals surface area (Å²) >= 11 is 0. The Bertz CT molecular complexity index is 498. The summed E-state index contributed by atoms with van der Waals surface area (Å²) in [5, 5.41) is 10.0. The van der Waals surface area contributed by atoms with E-state index in [4.69, 9.17) is 0 Å². The molecule has 2 aliphatic heterocycles. The molecule has 2 atom stereocenters.